The van der Waals surface area contributed by atoms with Gasteiger partial charge in [0.25, 0.3) is 0 Å². The molecular weight excluding hydrogens is 1610 g/mol. The molecule has 122 heavy (non-hydrogen) atoms. The summed E-state index contributed by atoms with van der Waals surface area (Å²) in [5.41, 5.74) is 5.55. The van der Waals surface area contributed by atoms with E-state index in [0.29, 0.717) is 77.5 Å². The van der Waals surface area contributed by atoms with Crippen LogP contribution in [0.3, 0.4) is 0 Å². The highest BCUT2D eigenvalue weighted by atomic mass is 16.6. The van der Waals surface area contributed by atoms with Crippen molar-refractivity contribution in [2.24, 2.45) is 23.7 Å². The maximum atomic E-state index is 12.2. The van der Waals surface area contributed by atoms with Crippen LogP contribution in [0.5, 0.6) is 57.5 Å². The largest absolute Gasteiger partial charge is 0.504 e. The fraction of sp³-hybridized carbons (Fsp3) is 0.372. The van der Waals surface area contributed by atoms with Crippen molar-refractivity contribution in [2.75, 3.05) is 67.6 Å². The molecule has 9 rings (SSSR count). The first-order chi connectivity index (χ1) is 58.2. The number of aromatic hydroxyl groups is 10. The molecule has 0 radical (unpaired) electrons. The number of methoxy groups -OCH3 is 3. The quantitative estimate of drug-likeness (QED) is 0.0115. The predicted molar refractivity (Wildman–Crippen MR) is 425 cm³/mol. The molecule has 1 aliphatic carbocycles. The number of hydrogen-bond donors (Lipinski definition) is 17. The van der Waals surface area contributed by atoms with E-state index in [-0.39, 0.29) is 146 Å². The highest BCUT2D eigenvalue weighted by molar-refractivity contribution is 5.91. The minimum absolute atomic E-state index is 0.0174. The lowest BCUT2D eigenvalue weighted by atomic mass is 9.85. The molecule has 4 aliphatic rings. The van der Waals surface area contributed by atoms with Crippen LogP contribution in [0, 0.1) is 23.7 Å². The molecule has 0 aromatic heterocycles. The zero-order valence-corrected chi connectivity index (χ0v) is 67.2. The number of allylic oxidation sites excluding steroid dienone is 4. The van der Waals surface area contributed by atoms with E-state index in [1.807, 2.05) is 12.2 Å². The van der Waals surface area contributed by atoms with Crippen LogP contribution in [-0.4, -0.2) is 233 Å². The van der Waals surface area contributed by atoms with Crippen LogP contribution in [0.4, 0.5) is 0 Å². The van der Waals surface area contributed by atoms with Gasteiger partial charge in [-0.1, -0.05) is 66.8 Å². The first-order valence-corrected chi connectivity index (χ1v) is 37.8. The van der Waals surface area contributed by atoms with Gasteiger partial charge >= 0.3 is 47.8 Å². The monoisotopic (exact) mass is 1710 g/mol. The lowest BCUT2D eigenvalue weighted by molar-refractivity contribution is -0.157. The summed E-state index contributed by atoms with van der Waals surface area (Å²) in [6.45, 7) is 3.29. The first kappa shape index (κ1) is 99.5. The Hall–Kier alpha value is -13.1. The molecule has 3 heterocycles. The Bertz CT molecular complexity index is 4360. The summed E-state index contributed by atoms with van der Waals surface area (Å²) in [6.07, 6.45) is 10.6. The molecule has 0 amide bonds. The maximum absolute atomic E-state index is 12.2. The summed E-state index contributed by atoms with van der Waals surface area (Å²) in [5.74, 6) is -9.27. The maximum Gasteiger partial charge on any atom is 0.337 e. The van der Waals surface area contributed by atoms with Crippen LogP contribution in [0.15, 0.2) is 186 Å². The number of carbonyl (C=O) groups is 8. The Morgan fingerprint density at radius 1 is 0.402 bits per heavy atom. The highest BCUT2D eigenvalue weighted by Gasteiger charge is 2.38. The third kappa shape index (κ3) is 32.6. The summed E-state index contributed by atoms with van der Waals surface area (Å²) in [6, 6.07) is 21.8. The van der Waals surface area contributed by atoms with Crippen molar-refractivity contribution in [3.05, 3.63) is 214 Å². The lowest BCUT2D eigenvalue weighted by Gasteiger charge is -2.28. The molecule has 0 fully saturated rings. The van der Waals surface area contributed by atoms with Gasteiger partial charge in [-0.05, 0) is 120 Å². The van der Waals surface area contributed by atoms with Crippen molar-refractivity contribution in [3.63, 3.8) is 0 Å². The third-order valence-corrected chi connectivity index (χ3v) is 18.5. The number of phenols is 10. The molecule has 0 spiro atoms. The average Bonchev–Trinajstić information content (AvgIpc) is 0.809. The van der Waals surface area contributed by atoms with Gasteiger partial charge in [-0.2, -0.15) is 0 Å². The molecule has 9 atom stereocenters. The highest BCUT2D eigenvalue weighted by Crippen LogP contribution is 2.37. The van der Waals surface area contributed by atoms with Crippen LogP contribution in [0.1, 0.15) is 80.2 Å². The number of benzene rings is 5. The van der Waals surface area contributed by atoms with E-state index in [2.05, 4.69) is 4.74 Å². The Balaban J connectivity index is 0.000000272. The van der Waals surface area contributed by atoms with E-state index in [1.54, 1.807) is 62.4 Å². The van der Waals surface area contributed by atoms with Crippen molar-refractivity contribution < 1.29 is 177 Å². The average molecular weight is 1710 g/mol. The van der Waals surface area contributed by atoms with Gasteiger partial charge in [0.05, 0.1) is 136 Å². The van der Waals surface area contributed by atoms with Crippen molar-refractivity contribution in [2.45, 2.75) is 116 Å². The van der Waals surface area contributed by atoms with E-state index in [9.17, 15) is 110 Å². The van der Waals surface area contributed by atoms with Crippen LogP contribution in [0.25, 0.3) is 0 Å². The minimum atomic E-state index is -1.54. The van der Waals surface area contributed by atoms with Gasteiger partial charge in [0.15, 0.2) is 63.6 Å². The number of hydrogen-bond acceptors (Lipinski definition) is 36. The second-order valence-electron chi connectivity index (χ2n) is 26.8. The lowest BCUT2D eigenvalue weighted by Crippen LogP contribution is -2.31. The molecule has 5 aromatic rings. The molecule has 17 N–H and O–H groups in total. The van der Waals surface area contributed by atoms with Gasteiger partial charge in [0.2, 0.25) is 18.9 Å². The predicted octanol–water partition coefficient (Wildman–Crippen LogP) is 5.59. The van der Waals surface area contributed by atoms with Crippen LogP contribution in [-0.2, 0) is 123 Å². The van der Waals surface area contributed by atoms with Crippen molar-refractivity contribution in [1.82, 2.24) is 0 Å². The number of carbonyl (C=O) groups excluding carboxylic acids is 8. The first-order valence-electron chi connectivity index (χ1n) is 37.8. The molecule has 36 nitrogen and oxygen atoms in total. The number of phenolic OH excluding ortho intramolecular Hbond substituents is 10. The SMILES string of the molecule is C/C=C1\[C@H](O)OC=C(C(=O)OC)[C@@H]1CC(=O)OCCc1ccc(O)c(O)c1.C/C=C1\[C@H](O)OC=C(C(=O)OC)[C@H]1CC(=O)OCCc1ccc(O)c(O)c1.COC(=O)[C@@H](O)CC(=O)OCCc1ccc(O)c(O)c1.O=C(C[C@@H]1C=CC[C@H](O)/C1=C\CO)OCCc1ccc(O)c(O)c1.O=C(C[C@@H]1C=CO[C@@H](O)/C1=C\CO)OCCc1ccc(O)c(O)c1. The molecule has 662 valence electrons. The number of ether oxygens (including phenoxy) is 11. The van der Waals surface area contributed by atoms with Gasteiger partial charge in [0, 0.05) is 72.5 Å². The Labute approximate surface area is 700 Å². The Morgan fingerprint density at radius 3 is 1.02 bits per heavy atom. The molecule has 0 saturated heterocycles. The van der Waals surface area contributed by atoms with E-state index in [4.69, 9.17) is 62.7 Å². The van der Waals surface area contributed by atoms with Crippen molar-refractivity contribution in [1.29, 1.82) is 0 Å². The van der Waals surface area contributed by atoms with E-state index < -0.39 is 103 Å². The zero-order chi connectivity index (χ0) is 90.1. The Kier molecular flexibility index (Phi) is 41.9. The summed E-state index contributed by atoms with van der Waals surface area (Å²) < 4.78 is 54.2. The van der Waals surface area contributed by atoms with Gasteiger partial charge in [-0.3, -0.25) is 24.0 Å². The number of rotatable bonds is 30. The van der Waals surface area contributed by atoms with E-state index >= 15 is 0 Å². The molecule has 5 aromatic carbocycles. The van der Waals surface area contributed by atoms with Gasteiger partial charge in [-0.25, -0.2) is 14.4 Å². The van der Waals surface area contributed by atoms with Gasteiger partial charge < -0.3 is 139 Å². The second-order valence-corrected chi connectivity index (χ2v) is 26.8. The van der Waals surface area contributed by atoms with Crippen LogP contribution < -0.4 is 0 Å². The second kappa shape index (κ2) is 51.4. The number of aliphatic hydroxyl groups excluding tert-OH is 7. The van der Waals surface area contributed by atoms with E-state index in [1.165, 1.54) is 93.3 Å². The smallest absolute Gasteiger partial charge is 0.337 e. The molecule has 3 aliphatic heterocycles. The zero-order valence-electron chi connectivity index (χ0n) is 67.2. The molecule has 0 bridgehead atoms. The minimum Gasteiger partial charge on any atom is -0.504 e. The third-order valence-electron chi connectivity index (χ3n) is 18.5. The van der Waals surface area contributed by atoms with Crippen molar-refractivity contribution in [3.8, 4) is 57.5 Å². The number of aliphatic hydroxyl groups is 7. The van der Waals surface area contributed by atoms with Gasteiger partial charge in [-0.15, -0.1) is 0 Å². The molecule has 36 heteroatoms. The van der Waals surface area contributed by atoms with Gasteiger partial charge in [0.1, 0.15) is 0 Å². The summed E-state index contributed by atoms with van der Waals surface area (Å²) in [4.78, 5) is 94.3. The van der Waals surface area contributed by atoms with E-state index in [0.717, 1.165) is 30.8 Å². The normalized spacial score (nSPS) is 19.5. The standard InChI is InChI=1S/2C19H22O8.C18H22O6.C17H20O7.C13H16O7/c2*1-3-12-13(14(18(23)25-2)10-27-19(12)24)9-17(22)26-7-6-11-4-5-15(20)16(21)8-11;19-8-6-14-13(2-1-3-15(14)20)11-18(23)24-9-7-12-4-5-16(21)17(22)10-12;18-6-3-13-12(5-8-24-17(13)22)10-16(21)23-7-4-11-1-2-14(19)15(20)9-11;1-19-13(18)11(16)7-12(17)20-5-4-8-2-3-9(14)10(15)6-8/h2*3-5,8,10,13,19-21,24H,6-7,9H2,1-2H3;1-2,4-6,10,13,15,19-22H,3,7-9,11H2;1-3,5,8-9,12,17-20,22H,4,6-7,10H2;2-3,6,11,14-16H,4-5,7H2,1H3/b2*12-3-;14-6-;13-3-;/t13-,19+;13-,19-;13-,15-;12-,17+;11-/m01000/s1. The fourth-order valence-electron chi connectivity index (χ4n) is 12.0. The topological polar surface area (TPSA) is 582 Å². The molecular formula is C86H102O36. The van der Waals surface area contributed by atoms with Crippen molar-refractivity contribution >= 4 is 47.8 Å². The molecule has 0 unspecified atom stereocenters. The van der Waals surface area contributed by atoms with Crippen LogP contribution in [0.2, 0.25) is 0 Å². The fourth-order valence-corrected chi connectivity index (χ4v) is 12.0. The number of esters is 8. The van der Waals surface area contributed by atoms with Crippen LogP contribution >= 0.6 is 0 Å². The Morgan fingerprint density at radius 2 is 0.713 bits per heavy atom. The summed E-state index contributed by atoms with van der Waals surface area (Å²) >= 11 is 0. The summed E-state index contributed by atoms with van der Waals surface area (Å²) in [7, 11) is 3.53. The summed E-state index contributed by atoms with van der Waals surface area (Å²) in [5, 5.41) is 160. The molecule has 0 saturated carbocycles.